The number of ether oxygens (including phenoxy) is 2. The summed E-state index contributed by atoms with van der Waals surface area (Å²) < 4.78 is 13.4. The Kier molecular flexibility index (Phi) is 6.65. The van der Waals surface area contributed by atoms with Crippen molar-refractivity contribution in [2.24, 2.45) is 0 Å². The zero-order valence-corrected chi connectivity index (χ0v) is 18.2. The molecule has 2 aromatic heterocycles. The fraction of sp³-hybridized carbons (Fsp3) is 0.240. The van der Waals surface area contributed by atoms with Gasteiger partial charge in [0.05, 0.1) is 30.8 Å². The average Bonchev–Trinajstić information content (AvgIpc) is 3.21. The van der Waals surface area contributed by atoms with Crippen molar-refractivity contribution < 1.29 is 14.3 Å². The predicted molar refractivity (Wildman–Crippen MR) is 123 cm³/mol. The Bertz CT molecular complexity index is 1190. The molecule has 1 atom stereocenters. The van der Waals surface area contributed by atoms with E-state index in [4.69, 9.17) is 14.5 Å². The smallest absolute Gasteiger partial charge is 0.270 e. The normalized spacial score (nSPS) is 11.8. The van der Waals surface area contributed by atoms with Gasteiger partial charge in [-0.15, -0.1) is 0 Å². The first-order valence-corrected chi connectivity index (χ1v) is 10.6. The molecule has 4 aromatic rings. The van der Waals surface area contributed by atoms with Crippen molar-refractivity contribution in [3.8, 4) is 11.5 Å². The summed E-state index contributed by atoms with van der Waals surface area (Å²) in [5.41, 5.74) is 2.30. The Morgan fingerprint density at radius 2 is 1.78 bits per heavy atom. The third-order valence-electron chi connectivity index (χ3n) is 5.17. The van der Waals surface area contributed by atoms with Crippen LogP contribution >= 0.6 is 0 Å². The summed E-state index contributed by atoms with van der Waals surface area (Å²) in [5.74, 6) is 2.01. The van der Waals surface area contributed by atoms with Crippen LogP contribution in [-0.4, -0.2) is 34.2 Å². The minimum absolute atomic E-state index is 0.226. The van der Waals surface area contributed by atoms with Gasteiger partial charge in [0.25, 0.3) is 5.91 Å². The number of aryl methyl sites for hydroxylation is 1. The summed E-state index contributed by atoms with van der Waals surface area (Å²) in [7, 11) is 1.63. The Morgan fingerprint density at radius 3 is 2.56 bits per heavy atom. The largest absolute Gasteiger partial charge is 0.493 e. The molecule has 0 radical (unpaired) electrons. The fourth-order valence-corrected chi connectivity index (χ4v) is 3.63. The number of aromatic nitrogens is 3. The summed E-state index contributed by atoms with van der Waals surface area (Å²) in [5, 5.41) is 3.01. The van der Waals surface area contributed by atoms with Crippen molar-refractivity contribution in [3.05, 3.63) is 84.4 Å². The molecule has 1 amide bonds. The van der Waals surface area contributed by atoms with Crippen LogP contribution in [0.15, 0.2) is 72.9 Å². The number of carbonyl (C=O) groups excluding carboxylic acids is 1. The zero-order valence-electron chi connectivity index (χ0n) is 18.2. The van der Waals surface area contributed by atoms with Gasteiger partial charge in [0, 0.05) is 12.7 Å². The second-order valence-electron chi connectivity index (χ2n) is 7.37. The van der Waals surface area contributed by atoms with E-state index in [0.29, 0.717) is 24.6 Å². The molecule has 164 valence electrons. The monoisotopic (exact) mass is 430 g/mol. The van der Waals surface area contributed by atoms with Crippen LogP contribution in [0.2, 0.25) is 0 Å². The number of carbonyl (C=O) groups is 1. The highest BCUT2D eigenvalue weighted by molar-refractivity contribution is 5.92. The van der Waals surface area contributed by atoms with Crippen LogP contribution in [0, 0.1) is 0 Å². The standard InChI is InChI=1S/C25H26N4O3/c1-18(27-25(30)20-11-7-8-15-26-20)24-28-19-10-3-4-12-21(19)29(24)16-9-17-32-23-14-6-5-13-22(23)31-2/h3-8,10-15,18H,9,16-17H2,1-2H3,(H,27,30). The number of nitrogens with one attached hydrogen (secondary N) is 1. The SMILES string of the molecule is COc1ccccc1OCCCn1c(C(C)NC(=O)c2ccccn2)nc2ccccc21. The Morgan fingerprint density at radius 1 is 1.03 bits per heavy atom. The minimum Gasteiger partial charge on any atom is -0.493 e. The molecule has 7 nitrogen and oxygen atoms in total. The second kappa shape index (κ2) is 9.96. The molecule has 2 heterocycles. The molecule has 2 aromatic carbocycles. The van der Waals surface area contributed by atoms with E-state index in [2.05, 4.69) is 14.9 Å². The number of benzene rings is 2. The number of para-hydroxylation sites is 4. The third-order valence-corrected chi connectivity index (χ3v) is 5.17. The number of pyridine rings is 1. The molecule has 0 aliphatic carbocycles. The summed E-state index contributed by atoms with van der Waals surface area (Å²) in [4.78, 5) is 21.5. The minimum atomic E-state index is -0.285. The predicted octanol–water partition coefficient (Wildman–Crippen LogP) is 4.40. The number of amides is 1. The van der Waals surface area contributed by atoms with Gasteiger partial charge in [-0.3, -0.25) is 9.78 Å². The number of nitrogens with zero attached hydrogens (tertiary/aromatic N) is 3. The quantitative estimate of drug-likeness (QED) is 0.398. The van der Waals surface area contributed by atoms with Gasteiger partial charge in [-0.1, -0.05) is 30.3 Å². The molecular formula is C25H26N4O3. The molecule has 32 heavy (non-hydrogen) atoms. The van der Waals surface area contributed by atoms with E-state index in [1.807, 2.05) is 55.5 Å². The Balaban J connectivity index is 1.48. The molecule has 0 aliphatic heterocycles. The van der Waals surface area contributed by atoms with Crippen molar-refractivity contribution in [2.75, 3.05) is 13.7 Å². The number of imidazole rings is 1. The molecule has 4 rings (SSSR count). The first-order valence-electron chi connectivity index (χ1n) is 10.6. The third kappa shape index (κ3) is 4.72. The van der Waals surface area contributed by atoms with E-state index in [9.17, 15) is 4.79 Å². The first-order chi connectivity index (χ1) is 15.7. The van der Waals surface area contributed by atoms with Crippen LogP contribution in [0.3, 0.4) is 0 Å². The van der Waals surface area contributed by atoms with Crippen LogP contribution in [0.1, 0.15) is 35.7 Å². The lowest BCUT2D eigenvalue weighted by Crippen LogP contribution is -2.29. The van der Waals surface area contributed by atoms with E-state index in [0.717, 1.165) is 29.0 Å². The van der Waals surface area contributed by atoms with Gasteiger partial charge < -0.3 is 19.4 Å². The molecule has 1 unspecified atom stereocenters. The summed E-state index contributed by atoms with van der Waals surface area (Å²) in [6.45, 7) is 3.17. The molecule has 0 saturated carbocycles. The number of hydrogen-bond acceptors (Lipinski definition) is 5. The van der Waals surface area contributed by atoms with Gasteiger partial charge >= 0.3 is 0 Å². The van der Waals surface area contributed by atoms with Crippen molar-refractivity contribution in [1.82, 2.24) is 19.9 Å². The summed E-state index contributed by atoms with van der Waals surface area (Å²) in [6, 6.07) is 20.6. The lowest BCUT2D eigenvalue weighted by Gasteiger charge is -2.16. The van der Waals surface area contributed by atoms with Crippen molar-refractivity contribution in [3.63, 3.8) is 0 Å². The molecule has 1 N–H and O–H groups in total. The lowest BCUT2D eigenvalue weighted by atomic mass is 10.2. The molecule has 7 heteroatoms. The van der Waals surface area contributed by atoms with Crippen LogP contribution in [0.25, 0.3) is 11.0 Å². The zero-order chi connectivity index (χ0) is 22.3. The van der Waals surface area contributed by atoms with Gasteiger partial charge in [-0.05, 0) is 49.7 Å². The van der Waals surface area contributed by atoms with Gasteiger partial charge in [-0.25, -0.2) is 4.98 Å². The van der Waals surface area contributed by atoms with Crippen molar-refractivity contribution >= 4 is 16.9 Å². The van der Waals surface area contributed by atoms with E-state index in [-0.39, 0.29) is 11.9 Å². The number of methoxy groups -OCH3 is 1. The van der Waals surface area contributed by atoms with E-state index in [1.54, 1.807) is 31.5 Å². The van der Waals surface area contributed by atoms with Crippen LogP contribution in [0.4, 0.5) is 0 Å². The number of hydrogen-bond donors (Lipinski definition) is 1. The van der Waals surface area contributed by atoms with Crippen LogP contribution in [0.5, 0.6) is 11.5 Å². The maximum Gasteiger partial charge on any atom is 0.270 e. The maximum atomic E-state index is 12.6. The molecule has 0 fully saturated rings. The first kappa shape index (κ1) is 21.4. The highest BCUT2D eigenvalue weighted by Gasteiger charge is 2.19. The molecule has 0 spiro atoms. The maximum absolute atomic E-state index is 12.6. The second-order valence-corrected chi connectivity index (χ2v) is 7.37. The lowest BCUT2D eigenvalue weighted by molar-refractivity contribution is 0.0932. The molecule has 0 saturated heterocycles. The van der Waals surface area contributed by atoms with Gasteiger partial charge in [0.15, 0.2) is 11.5 Å². The van der Waals surface area contributed by atoms with E-state index < -0.39 is 0 Å². The molecule has 0 bridgehead atoms. The summed E-state index contributed by atoms with van der Waals surface area (Å²) >= 11 is 0. The Labute approximate surface area is 187 Å². The van der Waals surface area contributed by atoms with Crippen molar-refractivity contribution in [1.29, 1.82) is 0 Å². The van der Waals surface area contributed by atoms with E-state index >= 15 is 0 Å². The topological polar surface area (TPSA) is 78.3 Å². The average molecular weight is 431 g/mol. The highest BCUT2D eigenvalue weighted by atomic mass is 16.5. The van der Waals surface area contributed by atoms with Crippen LogP contribution < -0.4 is 14.8 Å². The summed E-state index contributed by atoms with van der Waals surface area (Å²) in [6.07, 6.45) is 2.38. The highest BCUT2D eigenvalue weighted by Crippen LogP contribution is 2.26. The Hall–Kier alpha value is -3.87. The van der Waals surface area contributed by atoms with Gasteiger partial charge in [-0.2, -0.15) is 0 Å². The van der Waals surface area contributed by atoms with Gasteiger partial charge in [0.2, 0.25) is 0 Å². The molecular weight excluding hydrogens is 404 g/mol. The molecule has 0 aliphatic rings. The fourth-order valence-electron chi connectivity index (χ4n) is 3.63. The van der Waals surface area contributed by atoms with E-state index in [1.165, 1.54) is 0 Å². The van der Waals surface area contributed by atoms with Crippen molar-refractivity contribution in [2.45, 2.75) is 25.9 Å². The number of fused-ring (bicyclic) bond motifs is 1. The van der Waals surface area contributed by atoms with Crippen LogP contribution in [-0.2, 0) is 6.54 Å². The van der Waals surface area contributed by atoms with Gasteiger partial charge in [0.1, 0.15) is 11.5 Å². The number of rotatable bonds is 9.